The third kappa shape index (κ3) is 7.35. The van der Waals surface area contributed by atoms with Crippen LogP contribution < -0.4 is 0 Å². The minimum Gasteiger partial charge on any atom is -0.309 e. The number of rotatable bonds is 6. The third-order valence-corrected chi connectivity index (χ3v) is 11.3. The normalized spacial score (nSPS) is 12.0. The molecular formula is C57H50N2. The number of benzene rings is 8. The summed E-state index contributed by atoms with van der Waals surface area (Å²) >= 11 is 0. The highest BCUT2D eigenvalue weighted by Gasteiger charge is 2.26. The summed E-state index contributed by atoms with van der Waals surface area (Å²) in [5, 5.41) is 5.18. The average Bonchev–Trinajstić information content (AvgIpc) is 3.76. The maximum absolute atomic E-state index is 5.12. The number of allylic oxidation sites excluding steroid dienone is 2. The molecule has 10 rings (SSSR count). The van der Waals surface area contributed by atoms with Crippen LogP contribution in [0.2, 0.25) is 0 Å². The standard InChI is InChI=1S/C29H23N.C26H21N.C2H6/c1-19-10-7-15-24(18-19)21(3)30-29(23-11-5-4-6-12-23)27-20(2)25-16-8-13-22-14-9-17-26(27)28(22)25;1-18-9-3-4-10-21(18)22-16-15-20(17-19(22)2)27-25-13-7-5-11-23(25)24-12-6-8-14-26(24)27;1-2/h4-18H,3H2,1-2H3;3-17H,1-2H3;1-2H3. The van der Waals surface area contributed by atoms with Crippen molar-refractivity contribution in [3.63, 3.8) is 0 Å². The van der Waals surface area contributed by atoms with Crippen LogP contribution >= 0.6 is 0 Å². The maximum atomic E-state index is 5.12. The van der Waals surface area contributed by atoms with Gasteiger partial charge in [0.25, 0.3) is 0 Å². The highest BCUT2D eigenvalue weighted by atomic mass is 15.0. The van der Waals surface area contributed by atoms with E-state index in [9.17, 15) is 0 Å². The first-order valence-corrected chi connectivity index (χ1v) is 20.7. The van der Waals surface area contributed by atoms with Gasteiger partial charge < -0.3 is 4.57 Å². The average molecular weight is 763 g/mol. The molecule has 1 aromatic heterocycles. The smallest absolute Gasteiger partial charge is 0.0790 e. The molecule has 9 aromatic rings. The molecule has 288 valence electrons. The minimum absolute atomic E-state index is 0.779. The Morgan fingerprint density at radius 2 is 1.03 bits per heavy atom. The van der Waals surface area contributed by atoms with Crippen molar-refractivity contribution in [2.24, 2.45) is 4.99 Å². The van der Waals surface area contributed by atoms with E-state index in [-0.39, 0.29) is 0 Å². The van der Waals surface area contributed by atoms with E-state index in [1.165, 1.54) is 88.4 Å². The maximum Gasteiger partial charge on any atom is 0.0790 e. The summed E-state index contributed by atoms with van der Waals surface area (Å²) in [4.78, 5) is 5.12. The molecule has 0 fully saturated rings. The Kier molecular flexibility index (Phi) is 11.1. The first-order valence-electron chi connectivity index (χ1n) is 20.7. The third-order valence-electron chi connectivity index (χ3n) is 11.3. The fourth-order valence-electron chi connectivity index (χ4n) is 8.55. The Morgan fingerprint density at radius 3 is 1.69 bits per heavy atom. The van der Waals surface area contributed by atoms with Crippen molar-refractivity contribution in [2.75, 3.05) is 0 Å². The highest BCUT2D eigenvalue weighted by molar-refractivity contribution is 6.42. The predicted octanol–water partition coefficient (Wildman–Crippen LogP) is 15.6. The van der Waals surface area contributed by atoms with Crippen molar-refractivity contribution in [1.82, 2.24) is 4.57 Å². The number of para-hydroxylation sites is 2. The number of aliphatic imine (C=N–C) groups is 1. The van der Waals surface area contributed by atoms with Gasteiger partial charge in [-0.05, 0) is 113 Å². The van der Waals surface area contributed by atoms with Crippen molar-refractivity contribution in [1.29, 1.82) is 0 Å². The molecule has 0 spiro atoms. The minimum atomic E-state index is 0.779. The molecule has 0 bridgehead atoms. The predicted molar refractivity (Wildman–Crippen MR) is 257 cm³/mol. The van der Waals surface area contributed by atoms with E-state index in [4.69, 9.17) is 4.99 Å². The van der Waals surface area contributed by atoms with E-state index in [1.807, 2.05) is 19.9 Å². The Hall–Kier alpha value is -7.03. The quantitative estimate of drug-likeness (QED) is 0.150. The molecule has 1 aliphatic carbocycles. The largest absolute Gasteiger partial charge is 0.309 e. The second-order valence-electron chi connectivity index (χ2n) is 15.0. The lowest BCUT2D eigenvalue weighted by Crippen LogP contribution is -2.05. The number of nitrogens with zero attached hydrogens (tertiary/aromatic N) is 2. The Balaban J connectivity index is 0.000000158. The zero-order chi connectivity index (χ0) is 41.0. The Bertz CT molecular complexity index is 3000. The Labute approximate surface area is 349 Å². The number of hydrogen-bond donors (Lipinski definition) is 0. The first-order chi connectivity index (χ1) is 28.9. The molecule has 0 amide bonds. The van der Waals surface area contributed by atoms with Crippen LogP contribution in [0.4, 0.5) is 0 Å². The van der Waals surface area contributed by atoms with Crippen LogP contribution in [0.5, 0.6) is 0 Å². The summed E-state index contributed by atoms with van der Waals surface area (Å²) in [5.74, 6) is 0. The summed E-state index contributed by atoms with van der Waals surface area (Å²) in [6.07, 6.45) is 0. The molecule has 0 saturated heterocycles. The van der Waals surface area contributed by atoms with E-state index < -0.39 is 0 Å². The van der Waals surface area contributed by atoms with Crippen molar-refractivity contribution in [3.8, 4) is 16.8 Å². The molecule has 2 heteroatoms. The van der Waals surface area contributed by atoms with Crippen LogP contribution in [0.3, 0.4) is 0 Å². The summed E-state index contributed by atoms with van der Waals surface area (Å²) in [6, 6.07) is 64.6. The zero-order valence-corrected chi connectivity index (χ0v) is 34.9. The molecule has 0 saturated carbocycles. The summed E-state index contributed by atoms with van der Waals surface area (Å²) in [7, 11) is 0. The van der Waals surface area contributed by atoms with Crippen molar-refractivity contribution in [3.05, 3.63) is 228 Å². The van der Waals surface area contributed by atoms with Gasteiger partial charge in [-0.3, -0.25) is 0 Å². The van der Waals surface area contributed by atoms with E-state index in [2.05, 4.69) is 215 Å². The first kappa shape index (κ1) is 38.8. The lowest BCUT2D eigenvalue weighted by molar-refractivity contribution is 1.17. The SMILES string of the molecule is C=C(N=C(C1=C(C)c2cccc3cccc1c23)c1ccccc1)c1cccc(C)c1.CC.Cc1ccccc1-c1ccc(-n2c3ccccc3c3ccccc32)cc1C. The molecule has 8 aromatic carbocycles. The molecule has 2 nitrogen and oxygen atoms in total. The number of fused-ring (bicyclic) bond motifs is 3. The summed E-state index contributed by atoms with van der Waals surface area (Å²) in [5.41, 5.74) is 19.1. The number of aryl methyl sites for hydroxylation is 3. The van der Waals surface area contributed by atoms with Gasteiger partial charge in [0.1, 0.15) is 0 Å². The van der Waals surface area contributed by atoms with Gasteiger partial charge in [0.15, 0.2) is 0 Å². The second-order valence-corrected chi connectivity index (χ2v) is 15.0. The molecule has 1 heterocycles. The van der Waals surface area contributed by atoms with Crippen LogP contribution in [-0.2, 0) is 0 Å². The molecule has 0 unspecified atom stereocenters. The molecule has 59 heavy (non-hydrogen) atoms. The van der Waals surface area contributed by atoms with Gasteiger partial charge >= 0.3 is 0 Å². The fourth-order valence-corrected chi connectivity index (χ4v) is 8.55. The van der Waals surface area contributed by atoms with Gasteiger partial charge in [-0.1, -0.05) is 178 Å². The zero-order valence-electron chi connectivity index (χ0n) is 34.9. The number of aromatic nitrogens is 1. The topological polar surface area (TPSA) is 17.3 Å². The van der Waals surface area contributed by atoms with Crippen LogP contribution in [0.15, 0.2) is 194 Å². The lowest BCUT2D eigenvalue weighted by Gasteiger charge is -2.13. The number of hydrogen-bond acceptors (Lipinski definition) is 1. The van der Waals surface area contributed by atoms with Gasteiger partial charge in [-0.25, -0.2) is 4.99 Å². The molecule has 0 atom stereocenters. The molecule has 0 N–H and O–H groups in total. The molecule has 0 radical (unpaired) electrons. The van der Waals surface area contributed by atoms with Gasteiger partial charge in [-0.2, -0.15) is 0 Å². The summed E-state index contributed by atoms with van der Waals surface area (Å²) in [6.45, 7) is 17.0. The van der Waals surface area contributed by atoms with E-state index >= 15 is 0 Å². The molecular weight excluding hydrogens is 713 g/mol. The van der Waals surface area contributed by atoms with Crippen molar-refractivity contribution in [2.45, 2.75) is 41.5 Å². The fraction of sp³-hybridized carbons (Fsp3) is 0.105. The Morgan fingerprint density at radius 1 is 0.475 bits per heavy atom. The van der Waals surface area contributed by atoms with Gasteiger partial charge in [0.05, 0.1) is 22.4 Å². The van der Waals surface area contributed by atoms with Crippen LogP contribution in [0.25, 0.3) is 66.2 Å². The summed E-state index contributed by atoms with van der Waals surface area (Å²) < 4.78 is 2.37. The van der Waals surface area contributed by atoms with Gasteiger partial charge in [-0.15, -0.1) is 0 Å². The van der Waals surface area contributed by atoms with Crippen LogP contribution in [-0.4, -0.2) is 10.3 Å². The second kappa shape index (κ2) is 16.8. The van der Waals surface area contributed by atoms with Crippen LogP contribution in [0, 0.1) is 20.8 Å². The lowest BCUT2D eigenvalue weighted by atomic mass is 9.94. The monoisotopic (exact) mass is 762 g/mol. The van der Waals surface area contributed by atoms with E-state index in [0.717, 1.165) is 22.5 Å². The van der Waals surface area contributed by atoms with Crippen molar-refractivity contribution < 1.29 is 0 Å². The molecule has 1 aliphatic rings. The van der Waals surface area contributed by atoms with Gasteiger partial charge in [0.2, 0.25) is 0 Å². The van der Waals surface area contributed by atoms with Crippen LogP contribution in [0.1, 0.15) is 59.7 Å². The molecule has 0 aliphatic heterocycles. The van der Waals surface area contributed by atoms with Crippen molar-refractivity contribution >= 4 is 55.1 Å². The van der Waals surface area contributed by atoms with E-state index in [1.54, 1.807) is 0 Å². The van der Waals surface area contributed by atoms with E-state index in [0.29, 0.717) is 0 Å². The highest BCUT2D eigenvalue weighted by Crippen LogP contribution is 2.44. The van der Waals surface area contributed by atoms with Gasteiger partial charge in [0, 0.05) is 27.6 Å².